The highest BCUT2D eigenvalue weighted by Gasteiger charge is 2.37. The van der Waals surface area contributed by atoms with Crippen molar-refractivity contribution < 1.29 is 18.9 Å². The Hall–Kier alpha value is -0.780. The SMILES string of the molecule is COc1cc(C2(C)OCCO2)c(Br)c(OC)c1C. The fraction of sp³-hybridized carbons (Fsp3) is 0.538. The van der Waals surface area contributed by atoms with E-state index in [9.17, 15) is 0 Å². The molecule has 1 aliphatic rings. The minimum absolute atomic E-state index is 0.585. The third-order valence-electron chi connectivity index (χ3n) is 3.17. The van der Waals surface area contributed by atoms with E-state index in [1.54, 1.807) is 14.2 Å². The van der Waals surface area contributed by atoms with Gasteiger partial charge in [0, 0.05) is 11.1 Å². The predicted octanol–water partition coefficient (Wildman–Crippen LogP) is 2.99. The molecule has 0 amide bonds. The van der Waals surface area contributed by atoms with Crippen LogP contribution in [0.1, 0.15) is 18.1 Å². The number of rotatable bonds is 3. The number of halogens is 1. The zero-order valence-electron chi connectivity index (χ0n) is 11.0. The largest absolute Gasteiger partial charge is 0.496 e. The van der Waals surface area contributed by atoms with E-state index in [2.05, 4.69) is 15.9 Å². The minimum Gasteiger partial charge on any atom is -0.496 e. The highest BCUT2D eigenvalue weighted by Crippen LogP contribution is 2.44. The van der Waals surface area contributed by atoms with Crippen molar-refractivity contribution in [2.75, 3.05) is 27.4 Å². The summed E-state index contributed by atoms with van der Waals surface area (Å²) in [6.45, 7) is 5.02. The van der Waals surface area contributed by atoms with Gasteiger partial charge in [-0.3, -0.25) is 0 Å². The van der Waals surface area contributed by atoms with Crippen LogP contribution in [0.4, 0.5) is 0 Å². The summed E-state index contributed by atoms with van der Waals surface area (Å²) in [4.78, 5) is 0. The van der Waals surface area contributed by atoms with Crippen molar-refractivity contribution in [1.29, 1.82) is 0 Å². The van der Waals surface area contributed by atoms with Crippen LogP contribution in [0.3, 0.4) is 0 Å². The molecule has 1 heterocycles. The highest BCUT2D eigenvalue weighted by atomic mass is 79.9. The van der Waals surface area contributed by atoms with Gasteiger partial charge in [-0.2, -0.15) is 0 Å². The molecule has 1 fully saturated rings. The van der Waals surface area contributed by atoms with Gasteiger partial charge in [-0.1, -0.05) is 0 Å². The van der Waals surface area contributed by atoms with E-state index in [0.717, 1.165) is 27.1 Å². The number of hydrogen-bond donors (Lipinski definition) is 0. The van der Waals surface area contributed by atoms with Crippen LogP contribution >= 0.6 is 15.9 Å². The Labute approximate surface area is 115 Å². The molecule has 2 rings (SSSR count). The fourth-order valence-corrected chi connectivity index (χ4v) is 3.09. The average molecular weight is 317 g/mol. The van der Waals surface area contributed by atoms with Crippen LogP contribution in [0.15, 0.2) is 10.5 Å². The van der Waals surface area contributed by atoms with Crippen molar-refractivity contribution >= 4 is 15.9 Å². The molecule has 18 heavy (non-hydrogen) atoms. The maximum absolute atomic E-state index is 5.68. The molecule has 0 aromatic heterocycles. The van der Waals surface area contributed by atoms with Crippen molar-refractivity contribution in [2.45, 2.75) is 19.6 Å². The van der Waals surface area contributed by atoms with E-state index >= 15 is 0 Å². The lowest BCUT2D eigenvalue weighted by atomic mass is 10.0. The molecule has 0 N–H and O–H groups in total. The van der Waals surface area contributed by atoms with Crippen LogP contribution in [-0.2, 0) is 15.3 Å². The maximum Gasteiger partial charge on any atom is 0.193 e. The molecule has 0 saturated carbocycles. The molecule has 0 bridgehead atoms. The van der Waals surface area contributed by atoms with Crippen LogP contribution in [0.5, 0.6) is 11.5 Å². The Bertz CT molecular complexity index is 453. The smallest absolute Gasteiger partial charge is 0.193 e. The van der Waals surface area contributed by atoms with E-state index < -0.39 is 5.79 Å². The normalized spacial score (nSPS) is 17.8. The standard InChI is InChI=1S/C13H17BrO4/c1-8-10(15-3)7-9(11(14)12(8)16-4)13(2)17-5-6-18-13/h7H,5-6H2,1-4H3. The Kier molecular flexibility index (Phi) is 3.84. The average Bonchev–Trinajstić information content (AvgIpc) is 2.78. The number of methoxy groups -OCH3 is 2. The summed E-state index contributed by atoms with van der Waals surface area (Å²) in [6.07, 6.45) is 0. The van der Waals surface area contributed by atoms with Crippen molar-refractivity contribution in [3.8, 4) is 11.5 Å². The van der Waals surface area contributed by atoms with Gasteiger partial charge in [0.1, 0.15) is 11.5 Å². The summed E-state index contributed by atoms with van der Waals surface area (Å²) in [7, 11) is 3.27. The van der Waals surface area contributed by atoms with Gasteiger partial charge in [-0.25, -0.2) is 0 Å². The molecule has 1 saturated heterocycles. The van der Waals surface area contributed by atoms with E-state index in [1.807, 2.05) is 19.9 Å². The third kappa shape index (κ3) is 2.11. The predicted molar refractivity (Wildman–Crippen MR) is 71.2 cm³/mol. The summed E-state index contributed by atoms with van der Waals surface area (Å²) >= 11 is 3.56. The molecule has 5 heteroatoms. The Morgan fingerprint density at radius 3 is 2.33 bits per heavy atom. The second kappa shape index (κ2) is 5.07. The van der Waals surface area contributed by atoms with E-state index in [-0.39, 0.29) is 0 Å². The monoisotopic (exact) mass is 316 g/mol. The summed E-state index contributed by atoms with van der Waals surface area (Å²) in [5.41, 5.74) is 1.82. The second-order valence-corrected chi connectivity index (χ2v) is 5.03. The van der Waals surface area contributed by atoms with E-state index in [1.165, 1.54) is 0 Å². The van der Waals surface area contributed by atoms with Crippen LogP contribution in [0, 0.1) is 6.92 Å². The molecular weight excluding hydrogens is 300 g/mol. The third-order valence-corrected chi connectivity index (χ3v) is 3.96. The molecular formula is C13H17BrO4. The first-order valence-corrected chi connectivity index (χ1v) is 6.52. The minimum atomic E-state index is -0.757. The van der Waals surface area contributed by atoms with Crippen molar-refractivity contribution in [3.63, 3.8) is 0 Å². The van der Waals surface area contributed by atoms with Crippen LogP contribution in [0.2, 0.25) is 0 Å². The van der Waals surface area contributed by atoms with Gasteiger partial charge in [0.25, 0.3) is 0 Å². The van der Waals surface area contributed by atoms with Gasteiger partial charge in [-0.15, -0.1) is 0 Å². The molecule has 100 valence electrons. The Morgan fingerprint density at radius 2 is 1.83 bits per heavy atom. The van der Waals surface area contributed by atoms with Gasteiger partial charge in [0.15, 0.2) is 5.79 Å². The molecule has 1 aromatic carbocycles. The molecule has 0 atom stereocenters. The molecule has 4 nitrogen and oxygen atoms in total. The molecule has 0 unspecified atom stereocenters. The lowest BCUT2D eigenvalue weighted by Crippen LogP contribution is -2.23. The first-order chi connectivity index (χ1) is 8.53. The molecule has 1 aliphatic heterocycles. The van der Waals surface area contributed by atoms with Gasteiger partial charge >= 0.3 is 0 Å². The fourth-order valence-electron chi connectivity index (χ4n) is 2.16. The van der Waals surface area contributed by atoms with Crippen molar-refractivity contribution in [3.05, 3.63) is 21.7 Å². The zero-order chi connectivity index (χ0) is 13.3. The zero-order valence-corrected chi connectivity index (χ0v) is 12.6. The van der Waals surface area contributed by atoms with Gasteiger partial charge in [-0.05, 0) is 35.8 Å². The van der Waals surface area contributed by atoms with E-state index in [0.29, 0.717) is 13.2 Å². The molecule has 1 aromatic rings. The number of hydrogen-bond acceptors (Lipinski definition) is 4. The van der Waals surface area contributed by atoms with Gasteiger partial charge in [0.2, 0.25) is 0 Å². The topological polar surface area (TPSA) is 36.9 Å². The van der Waals surface area contributed by atoms with Crippen molar-refractivity contribution in [2.24, 2.45) is 0 Å². The first-order valence-electron chi connectivity index (χ1n) is 5.73. The summed E-state index contributed by atoms with van der Waals surface area (Å²) in [5.74, 6) is 0.739. The number of ether oxygens (including phenoxy) is 4. The van der Waals surface area contributed by atoms with Crippen molar-refractivity contribution in [1.82, 2.24) is 0 Å². The maximum atomic E-state index is 5.68. The quantitative estimate of drug-likeness (QED) is 0.859. The Morgan fingerprint density at radius 1 is 1.22 bits per heavy atom. The van der Waals surface area contributed by atoms with Crippen LogP contribution in [0.25, 0.3) is 0 Å². The van der Waals surface area contributed by atoms with E-state index in [4.69, 9.17) is 18.9 Å². The lowest BCUT2D eigenvalue weighted by molar-refractivity contribution is -0.150. The Balaban J connectivity index is 2.60. The molecule has 0 spiro atoms. The van der Waals surface area contributed by atoms with Crippen LogP contribution in [-0.4, -0.2) is 27.4 Å². The van der Waals surface area contributed by atoms with Gasteiger partial charge < -0.3 is 18.9 Å². The lowest BCUT2D eigenvalue weighted by Gasteiger charge is -2.26. The highest BCUT2D eigenvalue weighted by molar-refractivity contribution is 9.10. The molecule has 0 aliphatic carbocycles. The first kappa shape index (κ1) is 13.6. The summed E-state index contributed by atoms with van der Waals surface area (Å²) < 4.78 is 23.0. The second-order valence-electron chi connectivity index (χ2n) is 4.24. The van der Waals surface area contributed by atoms with Gasteiger partial charge in [0.05, 0.1) is 31.9 Å². The summed E-state index contributed by atoms with van der Waals surface area (Å²) in [5, 5.41) is 0. The molecule has 0 radical (unpaired) electrons. The van der Waals surface area contributed by atoms with Crippen LogP contribution < -0.4 is 9.47 Å². The number of benzene rings is 1. The summed E-state index contributed by atoms with van der Waals surface area (Å²) in [6, 6.07) is 1.92.